The van der Waals surface area contributed by atoms with Crippen LogP contribution in [0.1, 0.15) is 105 Å². The molecule has 0 aliphatic rings. The van der Waals surface area contributed by atoms with E-state index in [1.807, 2.05) is 54.6 Å². The van der Waals surface area contributed by atoms with Crippen LogP contribution in [0.4, 0.5) is 0 Å². The second-order valence-electron chi connectivity index (χ2n) is 11.0. The quantitative estimate of drug-likeness (QED) is 0.119. The van der Waals surface area contributed by atoms with Gasteiger partial charge in [0.2, 0.25) is 0 Å². The summed E-state index contributed by atoms with van der Waals surface area (Å²) in [5.41, 5.74) is 1.89. The summed E-state index contributed by atoms with van der Waals surface area (Å²) in [6.45, 7) is 9.85. The maximum absolute atomic E-state index is 13.7. The van der Waals surface area contributed by atoms with E-state index in [0.29, 0.717) is 19.0 Å². The highest BCUT2D eigenvalue weighted by Crippen LogP contribution is 2.51. The molecule has 0 fully saturated rings. The number of phosphoric ester groups is 1. The normalized spacial score (nSPS) is 11.9. The Kier molecular flexibility index (Phi) is 15.9. The van der Waals surface area contributed by atoms with Gasteiger partial charge < -0.3 is 4.52 Å². The Morgan fingerprint density at radius 2 is 1.05 bits per heavy atom. The van der Waals surface area contributed by atoms with Crippen LogP contribution in [0, 0.1) is 11.8 Å². The van der Waals surface area contributed by atoms with Gasteiger partial charge in [-0.15, -0.1) is 0 Å². The van der Waals surface area contributed by atoms with E-state index in [0.717, 1.165) is 48.6 Å². The molecule has 2 aromatic rings. The molecule has 208 valence electrons. The summed E-state index contributed by atoms with van der Waals surface area (Å²) in [5, 5.41) is 0. The number of rotatable bonds is 21. The lowest BCUT2D eigenvalue weighted by Crippen LogP contribution is -2.06. The van der Waals surface area contributed by atoms with Gasteiger partial charge in [-0.25, -0.2) is 4.57 Å². The molecule has 0 aliphatic carbocycles. The zero-order chi connectivity index (χ0) is 26.8. The van der Waals surface area contributed by atoms with Gasteiger partial charge in [0, 0.05) is 5.56 Å². The second kappa shape index (κ2) is 18.6. The highest BCUT2D eigenvalue weighted by atomic mass is 31.2. The maximum Gasteiger partial charge on any atom is 0.530 e. The maximum atomic E-state index is 13.7. The molecule has 0 atom stereocenters. The monoisotopic (exact) mass is 530 g/mol. The Morgan fingerprint density at radius 1 is 0.595 bits per heavy atom. The summed E-state index contributed by atoms with van der Waals surface area (Å²) < 4.78 is 31.5. The van der Waals surface area contributed by atoms with Gasteiger partial charge in [0.15, 0.2) is 0 Å². The van der Waals surface area contributed by atoms with Gasteiger partial charge in [-0.1, -0.05) is 140 Å². The minimum absolute atomic E-state index is 0.379. The molecule has 2 rings (SSSR count). The molecule has 0 aliphatic heterocycles. The first-order valence-corrected chi connectivity index (χ1v) is 16.1. The fourth-order valence-electron chi connectivity index (χ4n) is 4.34. The Bertz CT molecular complexity index is 853. The minimum atomic E-state index is -3.74. The predicted molar refractivity (Wildman–Crippen MR) is 157 cm³/mol. The molecule has 4 nitrogen and oxygen atoms in total. The van der Waals surface area contributed by atoms with Crippen LogP contribution in [0.25, 0.3) is 11.1 Å². The van der Waals surface area contributed by atoms with Crippen molar-refractivity contribution in [1.29, 1.82) is 0 Å². The first-order valence-electron chi connectivity index (χ1n) is 14.6. The van der Waals surface area contributed by atoms with Crippen molar-refractivity contribution < 1.29 is 18.1 Å². The van der Waals surface area contributed by atoms with Gasteiger partial charge in [0.1, 0.15) is 5.75 Å². The molecule has 0 spiro atoms. The molecule has 2 aromatic carbocycles. The van der Waals surface area contributed by atoms with Crippen LogP contribution in [0.2, 0.25) is 0 Å². The molecule has 0 saturated carbocycles. The van der Waals surface area contributed by atoms with Crippen molar-refractivity contribution in [2.75, 3.05) is 13.2 Å². The lowest BCUT2D eigenvalue weighted by molar-refractivity contribution is 0.151. The molecule has 5 heteroatoms. The van der Waals surface area contributed by atoms with E-state index < -0.39 is 7.82 Å². The van der Waals surface area contributed by atoms with Crippen LogP contribution in [-0.2, 0) is 13.6 Å². The molecule has 0 bridgehead atoms. The SMILES string of the molecule is CC(C)CCCCCCCOP(=O)(OCCCCCCCC(C)C)Oc1ccccc1-c1ccccc1. The van der Waals surface area contributed by atoms with Crippen molar-refractivity contribution in [1.82, 2.24) is 0 Å². The van der Waals surface area contributed by atoms with E-state index in [-0.39, 0.29) is 0 Å². The smallest absolute Gasteiger partial charge is 0.403 e. The topological polar surface area (TPSA) is 44.8 Å². The van der Waals surface area contributed by atoms with Gasteiger partial charge in [-0.2, -0.15) is 0 Å². The lowest BCUT2D eigenvalue weighted by atomic mass is 10.0. The van der Waals surface area contributed by atoms with Crippen LogP contribution in [-0.4, -0.2) is 13.2 Å². The summed E-state index contributed by atoms with van der Waals surface area (Å²) in [7, 11) is -3.74. The van der Waals surface area contributed by atoms with Crippen LogP contribution in [0.3, 0.4) is 0 Å². The molecule has 0 amide bonds. The first kappa shape index (κ1) is 31.6. The second-order valence-corrected chi connectivity index (χ2v) is 12.6. The molecule has 0 radical (unpaired) electrons. The highest BCUT2D eigenvalue weighted by molar-refractivity contribution is 7.48. The van der Waals surface area contributed by atoms with Crippen molar-refractivity contribution in [2.45, 2.75) is 105 Å². The minimum Gasteiger partial charge on any atom is -0.403 e. The summed E-state index contributed by atoms with van der Waals surface area (Å²) >= 11 is 0. The largest absolute Gasteiger partial charge is 0.530 e. The fourth-order valence-corrected chi connectivity index (χ4v) is 5.62. The summed E-state index contributed by atoms with van der Waals surface area (Å²) in [6, 6.07) is 17.7. The van der Waals surface area contributed by atoms with Gasteiger partial charge in [0.05, 0.1) is 13.2 Å². The Balaban J connectivity index is 1.90. The highest BCUT2D eigenvalue weighted by Gasteiger charge is 2.29. The van der Waals surface area contributed by atoms with Crippen LogP contribution < -0.4 is 4.52 Å². The Hall–Kier alpha value is -1.61. The molecule has 0 aromatic heterocycles. The zero-order valence-electron chi connectivity index (χ0n) is 23.8. The molecule has 0 heterocycles. The number of unbranched alkanes of at least 4 members (excludes halogenated alkanes) is 8. The van der Waals surface area contributed by atoms with Gasteiger partial charge in [-0.05, 0) is 36.3 Å². The molecule has 0 unspecified atom stereocenters. The standard InChI is InChI=1S/C32H51O4P/c1-28(2)20-12-7-5-9-18-26-34-37(33,35-27-19-10-6-8-13-21-29(3)4)36-32-25-17-16-24-31(32)30-22-14-11-15-23-30/h11,14-17,22-25,28-29H,5-10,12-13,18-21,26-27H2,1-4H3. The van der Waals surface area contributed by atoms with E-state index >= 15 is 0 Å². The molecular weight excluding hydrogens is 479 g/mol. The van der Waals surface area contributed by atoms with E-state index in [9.17, 15) is 4.57 Å². The van der Waals surface area contributed by atoms with Crippen molar-refractivity contribution in [3.8, 4) is 16.9 Å². The van der Waals surface area contributed by atoms with E-state index in [4.69, 9.17) is 13.6 Å². The number of hydrogen-bond donors (Lipinski definition) is 0. The molecular formula is C32H51O4P. The van der Waals surface area contributed by atoms with Crippen LogP contribution in [0.15, 0.2) is 54.6 Å². The molecule has 37 heavy (non-hydrogen) atoms. The Labute approximate surface area is 227 Å². The third-order valence-electron chi connectivity index (χ3n) is 6.53. The van der Waals surface area contributed by atoms with Crippen molar-refractivity contribution >= 4 is 7.82 Å². The van der Waals surface area contributed by atoms with Gasteiger partial charge in [0.25, 0.3) is 0 Å². The zero-order valence-corrected chi connectivity index (χ0v) is 24.7. The fraction of sp³-hybridized carbons (Fsp3) is 0.625. The molecule has 0 N–H and O–H groups in total. The predicted octanol–water partition coefficient (Wildman–Crippen LogP) is 10.9. The number of phosphoric acid groups is 1. The summed E-state index contributed by atoms with van der Waals surface area (Å²) in [6.07, 6.45) is 13.8. The number of para-hydroxylation sites is 1. The Morgan fingerprint density at radius 3 is 1.59 bits per heavy atom. The first-order chi connectivity index (χ1) is 17.9. The average molecular weight is 531 g/mol. The van der Waals surface area contributed by atoms with E-state index in [1.165, 1.54) is 51.4 Å². The third-order valence-corrected chi connectivity index (χ3v) is 7.95. The number of hydrogen-bond acceptors (Lipinski definition) is 4. The molecule has 0 saturated heterocycles. The third kappa shape index (κ3) is 14.2. The van der Waals surface area contributed by atoms with E-state index in [2.05, 4.69) is 27.7 Å². The summed E-state index contributed by atoms with van der Waals surface area (Å²) in [5.74, 6) is 2.06. The van der Waals surface area contributed by atoms with Gasteiger partial charge in [-0.3, -0.25) is 9.05 Å². The van der Waals surface area contributed by atoms with Crippen molar-refractivity contribution in [3.63, 3.8) is 0 Å². The van der Waals surface area contributed by atoms with Crippen LogP contribution >= 0.6 is 7.82 Å². The van der Waals surface area contributed by atoms with E-state index in [1.54, 1.807) is 0 Å². The van der Waals surface area contributed by atoms with Gasteiger partial charge >= 0.3 is 7.82 Å². The van der Waals surface area contributed by atoms with Crippen molar-refractivity contribution in [2.24, 2.45) is 11.8 Å². The lowest BCUT2D eigenvalue weighted by Gasteiger charge is -2.20. The van der Waals surface area contributed by atoms with Crippen molar-refractivity contribution in [3.05, 3.63) is 54.6 Å². The average Bonchev–Trinajstić information content (AvgIpc) is 2.88. The number of benzene rings is 2. The summed E-state index contributed by atoms with van der Waals surface area (Å²) in [4.78, 5) is 0. The van der Waals surface area contributed by atoms with Crippen LogP contribution in [0.5, 0.6) is 5.75 Å².